The van der Waals surface area contributed by atoms with Crippen LogP contribution < -0.4 is 9.64 Å². The van der Waals surface area contributed by atoms with Crippen molar-refractivity contribution in [2.75, 3.05) is 4.90 Å². The third-order valence-electron chi connectivity index (χ3n) is 6.34. The maximum atomic E-state index is 13.4. The molecule has 3 heterocycles. The van der Waals surface area contributed by atoms with Gasteiger partial charge in [-0.2, -0.15) is 0 Å². The van der Waals surface area contributed by atoms with Gasteiger partial charge in [0.25, 0.3) is 5.78 Å². The molecule has 6 rings (SSSR count). The molecule has 2 atom stereocenters. The van der Waals surface area contributed by atoms with Crippen molar-refractivity contribution in [1.29, 1.82) is 0 Å². The fraction of sp³-hybridized carbons (Fsp3) is 0.148. The highest BCUT2D eigenvalue weighted by molar-refractivity contribution is 9.10. The molecule has 0 spiro atoms. The van der Waals surface area contributed by atoms with Gasteiger partial charge in [-0.3, -0.25) is 14.5 Å². The monoisotopic (exact) mass is 580 g/mol. The maximum Gasteiger partial charge on any atom is 0.301 e. The van der Waals surface area contributed by atoms with Gasteiger partial charge < -0.3 is 9.84 Å². The van der Waals surface area contributed by atoms with Crippen LogP contribution in [0.1, 0.15) is 29.7 Å². The molecule has 1 saturated heterocycles. The number of aliphatic hydroxyl groups excluding tert-OH is 1. The number of rotatable bonds is 3. The van der Waals surface area contributed by atoms with Crippen molar-refractivity contribution in [3.63, 3.8) is 0 Å². The minimum absolute atomic E-state index is 0.0199. The van der Waals surface area contributed by atoms with Crippen molar-refractivity contribution in [3.05, 3.63) is 92.4 Å². The van der Waals surface area contributed by atoms with Gasteiger partial charge in [0.1, 0.15) is 17.6 Å². The van der Waals surface area contributed by atoms with Crippen molar-refractivity contribution in [2.24, 2.45) is 0 Å². The fourth-order valence-corrected chi connectivity index (χ4v) is 6.24. The lowest BCUT2D eigenvalue weighted by Gasteiger charge is -2.23. The predicted octanol–water partition coefficient (Wildman–Crippen LogP) is 6.66. The zero-order valence-corrected chi connectivity index (χ0v) is 22.0. The molecule has 1 N–H and O–H groups in total. The number of anilines is 1. The van der Waals surface area contributed by atoms with Crippen LogP contribution in [0.25, 0.3) is 16.0 Å². The zero-order valence-electron chi connectivity index (χ0n) is 18.9. The number of Topliss-reactive ketones (excluding diaryl/α,β-unsaturated/α-hetero) is 1. The lowest BCUT2D eigenvalue weighted by Crippen LogP contribution is -2.29. The highest BCUT2D eigenvalue weighted by Crippen LogP contribution is 2.45. The van der Waals surface area contributed by atoms with Gasteiger partial charge in [0.15, 0.2) is 5.13 Å². The molecule has 1 amide bonds. The van der Waals surface area contributed by atoms with E-state index in [1.807, 2.05) is 37.3 Å². The van der Waals surface area contributed by atoms with E-state index in [1.54, 1.807) is 30.3 Å². The van der Waals surface area contributed by atoms with Gasteiger partial charge in [0.2, 0.25) is 0 Å². The molecule has 1 fully saturated rings. The average Bonchev–Trinajstić information content (AvgIpc) is 3.51. The predicted molar refractivity (Wildman–Crippen MR) is 144 cm³/mol. The number of hydrogen-bond acceptors (Lipinski definition) is 6. The number of aliphatic hydroxyl groups is 1. The SMILES string of the molecule is C[C@H]1Cc2cc(C(O)=C3C(=O)C(=O)N(c4nc5ccc(Cl)cc5s4)[C@H]3c3ccc(Br)cc3)ccc2O1. The number of carbonyl (C=O) groups excluding carboxylic acids is 2. The van der Waals surface area contributed by atoms with E-state index in [0.29, 0.717) is 33.2 Å². The van der Waals surface area contributed by atoms with Crippen molar-refractivity contribution >= 4 is 71.7 Å². The largest absolute Gasteiger partial charge is 0.507 e. The summed E-state index contributed by atoms with van der Waals surface area (Å²) in [4.78, 5) is 32.8. The molecule has 6 nitrogen and oxygen atoms in total. The minimum atomic E-state index is -0.849. The summed E-state index contributed by atoms with van der Waals surface area (Å²) in [6.45, 7) is 1.98. The van der Waals surface area contributed by atoms with Gasteiger partial charge in [-0.1, -0.05) is 51.0 Å². The Labute approximate surface area is 223 Å². The Morgan fingerprint density at radius 2 is 1.92 bits per heavy atom. The van der Waals surface area contributed by atoms with Gasteiger partial charge in [-0.15, -0.1) is 0 Å². The van der Waals surface area contributed by atoms with Crippen LogP contribution >= 0.6 is 38.9 Å². The smallest absolute Gasteiger partial charge is 0.301 e. The van der Waals surface area contributed by atoms with Crippen molar-refractivity contribution in [2.45, 2.75) is 25.5 Å². The van der Waals surface area contributed by atoms with Crippen molar-refractivity contribution in [1.82, 2.24) is 4.98 Å². The molecule has 1 aromatic heterocycles. The molecule has 180 valence electrons. The molecule has 0 bridgehead atoms. The van der Waals surface area contributed by atoms with Gasteiger partial charge in [-0.25, -0.2) is 4.98 Å². The summed E-state index contributed by atoms with van der Waals surface area (Å²) in [5.41, 5.74) is 2.77. The number of fused-ring (bicyclic) bond motifs is 2. The number of halogens is 2. The van der Waals surface area contributed by atoms with Crippen LogP contribution in [-0.2, 0) is 16.0 Å². The summed E-state index contributed by atoms with van der Waals surface area (Å²) in [6, 6.07) is 17.1. The summed E-state index contributed by atoms with van der Waals surface area (Å²) in [6.07, 6.45) is 0.744. The Morgan fingerprint density at radius 3 is 2.69 bits per heavy atom. The van der Waals surface area contributed by atoms with Crippen LogP contribution in [0.5, 0.6) is 5.75 Å². The van der Waals surface area contributed by atoms with E-state index < -0.39 is 17.7 Å². The van der Waals surface area contributed by atoms with E-state index in [9.17, 15) is 14.7 Å². The second kappa shape index (κ2) is 8.73. The van der Waals surface area contributed by atoms with Gasteiger partial charge in [0, 0.05) is 21.5 Å². The highest BCUT2D eigenvalue weighted by atomic mass is 79.9. The summed E-state index contributed by atoms with van der Waals surface area (Å²) in [7, 11) is 0. The molecule has 2 aliphatic rings. The Bertz CT molecular complexity index is 1600. The number of thiazole rings is 1. The lowest BCUT2D eigenvalue weighted by molar-refractivity contribution is -0.132. The number of nitrogens with zero attached hydrogens (tertiary/aromatic N) is 2. The van der Waals surface area contributed by atoms with Crippen LogP contribution in [0.15, 0.2) is 70.7 Å². The fourth-order valence-electron chi connectivity index (χ4n) is 4.70. The Kier molecular flexibility index (Phi) is 5.63. The van der Waals surface area contributed by atoms with E-state index >= 15 is 0 Å². The second-order valence-corrected chi connectivity index (χ2v) is 11.1. The normalized spacial score (nSPS) is 20.7. The van der Waals surface area contributed by atoms with E-state index in [0.717, 1.165) is 20.5 Å². The Balaban J connectivity index is 1.53. The highest BCUT2D eigenvalue weighted by Gasteiger charge is 2.48. The average molecular weight is 582 g/mol. The van der Waals surface area contributed by atoms with Gasteiger partial charge >= 0.3 is 5.91 Å². The standard InChI is InChI=1S/C27H18BrClN2O4S/c1-13-10-16-11-15(4-9-20(16)35-13)24(32)22-23(14-2-5-17(28)6-3-14)31(26(34)25(22)33)27-30-19-8-7-18(29)12-21(19)36-27/h2-9,11-13,23,32H,10H2,1H3/t13-,23-/m0/s1. The summed E-state index contributed by atoms with van der Waals surface area (Å²) >= 11 is 10.9. The first kappa shape index (κ1) is 23.2. The minimum Gasteiger partial charge on any atom is -0.507 e. The quantitative estimate of drug-likeness (QED) is 0.166. The van der Waals surface area contributed by atoms with Crippen molar-refractivity contribution in [3.8, 4) is 5.75 Å². The third-order valence-corrected chi connectivity index (χ3v) is 8.13. The molecule has 0 radical (unpaired) electrons. The van der Waals surface area contributed by atoms with Crippen LogP contribution in [0.4, 0.5) is 5.13 Å². The molecular formula is C27H18BrClN2O4S. The van der Waals surface area contributed by atoms with E-state index in [2.05, 4.69) is 20.9 Å². The molecule has 2 aliphatic heterocycles. The molecule has 0 saturated carbocycles. The Hall–Kier alpha value is -3.20. The van der Waals surface area contributed by atoms with Crippen LogP contribution in [0, 0.1) is 0 Å². The van der Waals surface area contributed by atoms with E-state index in [1.165, 1.54) is 16.2 Å². The summed E-state index contributed by atoms with van der Waals surface area (Å²) < 4.78 is 7.42. The first-order valence-corrected chi connectivity index (χ1v) is 13.2. The molecular weight excluding hydrogens is 564 g/mol. The number of aromatic nitrogens is 1. The summed E-state index contributed by atoms with van der Waals surface area (Å²) in [5, 5.41) is 12.3. The Morgan fingerprint density at radius 1 is 1.14 bits per heavy atom. The first-order chi connectivity index (χ1) is 17.3. The third kappa shape index (κ3) is 3.80. The number of carbonyl (C=O) groups is 2. The van der Waals surface area contributed by atoms with Crippen LogP contribution in [0.2, 0.25) is 5.02 Å². The molecule has 0 aliphatic carbocycles. The topological polar surface area (TPSA) is 79.7 Å². The van der Waals surface area contributed by atoms with E-state index in [-0.39, 0.29) is 17.4 Å². The first-order valence-electron chi connectivity index (χ1n) is 11.2. The number of ether oxygens (including phenoxy) is 1. The van der Waals surface area contributed by atoms with E-state index in [4.69, 9.17) is 16.3 Å². The van der Waals surface area contributed by atoms with Crippen LogP contribution in [0.3, 0.4) is 0 Å². The molecule has 4 aromatic rings. The molecule has 36 heavy (non-hydrogen) atoms. The van der Waals surface area contributed by atoms with Gasteiger partial charge in [0.05, 0.1) is 21.8 Å². The summed E-state index contributed by atoms with van der Waals surface area (Å²) in [5.74, 6) is -0.970. The number of hydrogen-bond donors (Lipinski definition) is 1. The number of ketones is 1. The second-order valence-electron chi connectivity index (χ2n) is 8.78. The molecule has 0 unspecified atom stereocenters. The van der Waals surface area contributed by atoms with Crippen LogP contribution in [-0.4, -0.2) is 27.9 Å². The van der Waals surface area contributed by atoms with Gasteiger partial charge in [-0.05, 0) is 66.6 Å². The van der Waals surface area contributed by atoms with Crippen molar-refractivity contribution < 1.29 is 19.4 Å². The number of amides is 1. The number of benzene rings is 3. The molecule has 9 heteroatoms. The zero-order chi connectivity index (χ0) is 25.1. The maximum absolute atomic E-state index is 13.4. The molecule has 3 aromatic carbocycles. The lowest BCUT2D eigenvalue weighted by atomic mass is 9.94.